The van der Waals surface area contributed by atoms with Gasteiger partial charge < -0.3 is 5.32 Å². The molecule has 0 bridgehead atoms. The average molecular weight is 238 g/mol. The van der Waals surface area contributed by atoms with E-state index in [0.717, 1.165) is 23.8 Å². The predicted octanol–water partition coefficient (Wildman–Crippen LogP) is 3.48. The first-order valence-corrected chi connectivity index (χ1v) is 6.70. The van der Waals surface area contributed by atoms with Crippen molar-refractivity contribution in [3.05, 3.63) is 33.0 Å². The molecular weight excluding hydrogens is 224 g/mol. The molecule has 0 fully saturated rings. The number of hydrogen-bond acceptors (Lipinski definition) is 4. The summed E-state index contributed by atoms with van der Waals surface area (Å²) in [5.74, 6) is 0. The van der Waals surface area contributed by atoms with E-state index in [-0.39, 0.29) is 0 Å². The molecule has 1 N–H and O–H groups in total. The molecule has 0 saturated carbocycles. The van der Waals surface area contributed by atoms with Crippen molar-refractivity contribution < 1.29 is 0 Å². The Morgan fingerprint density at radius 3 is 2.87 bits per heavy atom. The lowest BCUT2D eigenvalue weighted by Crippen LogP contribution is -2.03. The van der Waals surface area contributed by atoms with Gasteiger partial charge in [-0.15, -0.1) is 11.3 Å². The van der Waals surface area contributed by atoms with Crippen molar-refractivity contribution in [2.45, 2.75) is 20.3 Å². The van der Waals surface area contributed by atoms with Gasteiger partial charge in [-0.05, 0) is 42.7 Å². The first kappa shape index (κ1) is 10.6. The van der Waals surface area contributed by atoms with Crippen molar-refractivity contribution in [1.29, 1.82) is 0 Å². The molecule has 80 valence electrons. The number of hydrogen-bond donors (Lipinski definition) is 1. The molecule has 2 heterocycles. The van der Waals surface area contributed by atoms with Crippen molar-refractivity contribution >= 4 is 27.8 Å². The Balaban J connectivity index is 1.83. The maximum Gasteiger partial charge on any atom is 0.183 e. The molecule has 0 atom stereocenters. The lowest BCUT2D eigenvalue weighted by Gasteiger charge is -1.99. The number of anilines is 1. The third-order valence-corrected chi connectivity index (χ3v) is 4.06. The van der Waals surface area contributed by atoms with Crippen LogP contribution in [0, 0.1) is 13.8 Å². The van der Waals surface area contributed by atoms with Crippen molar-refractivity contribution in [1.82, 2.24) is 4.98 Å². The zero-order valence-electron chi connectivity index (χ0n) is 8.91. The van der Waals surface area contributed by atoms with E-state index in [9.17, 15) is 0 Å². The molecule has 2 aromatic heterocycles. The highest BCUT2D eigenvalue weighted by atomic mass is 32.1. The van der Waals surface area contributed by atoms with Crippen LogP contribution in [0.4, 0.5) is 5.13 Å². The number of nitrogens with one attached hydrogen (secondary N) is 1. The van der Waals surface area contributed by atoms with Gasteiger partial charge in [-0.2, -0.15) is 11.3 Å². The van der Waals surface area contributed by atoms with Crippen LogP contribution in [-0.2, 0) is 6.42 Å². The maximum atomic E-state index is 4.44. The molecule has 0 spiro atoms. The molecule has 2 aromatic rings. The highest BCUT2D eigenvalue weighted by Crippen LogP contribution is 2.20. The Kier molecular flexibility index (Phi) is 3.38. The fourth-order valence-electron chi connectivity index (χ4n) is 1.30. The van der Waals surface area contributed by atoms with Gasteiger partial charge in [0.15, 0.2) is 5.13 Å². The molecule has 0 unspecified atom stereocenters. The van der Waals surface area contributed by atoms with E-state index in [4.69, 9.17) is 0 Å². The van der Waals surface area contributed by atoms with Gasteiger partial charge in [-0.25, -0.2) is 4.98 Å². The second-order valence-corrected chi connectivity index (χ2v) is 5.45. The zero-order valence-corrected chi connectivity index (χ0v) is 10.5. The second-order valence-electron chi connectivity index (χ2n) is 3.47. The Morgan fingerprint density at radius 1 is 1.40 bits per heavy atom. The minimum Gasteiger partial charge on any atom is -0.361 e. The Morgan fingerprint density at radius 2 is 2.27 bits per heavy atom. The molecule has 0 aliphatic carbocycles. The highest BCUT2D eigenvalue weighted by molar-refractivity contribution is 7.15. The Bertz CT molecular complexity index is 398. The molecule has 0 aliphatic rings. The van der Waals surface area contributed by atoms with Gasteiger partial charge in [0.1, 0.15) is 0 Å². The van der Waals surface area contributed by atoms with Crippen molar-refractivity contribution in [2.24, 2.45) is 0 Å². The Labute approximate surface area is 98.0 Å². The zero-order chi connectivity index (χ0) is 10.7. The molecule has 15 heavy (non-hydrogen) atoms. The number of thiazole rings is 1. The number of aromatic nitrogens is 1. The maximum absolute atomic E-state index is 4.44. The van der Waals surface area contributed by atoms with Crippen LogP contribution in [-0.4, -0.2) is 11.5 Å². The van der Waals surface area contributed by atoms with E-state index < -0.39 is 0 Å². The van der Waals surface area contributed by atoms with Crippen LogP contribution in [0.25, 0.3) is 0 Å². The van der Waals surface area contributed by atoms with Crippen molar-refractivity contribution in [2.75, 3.05) is 11.9 Å². The van der Waals surface area contributed by atoms with Crippen LogP contribution in [0.5, 0.6) is 0 Å². The lowest BCUT2D eigenvalue weighted by molar-refractivity contribution is 1.02. The second kappa shape index (κ2) is 4.77. The molecule has 0 aromatic carbocycles. The normalized spacial score (nSPS) is 10.5. The van der Waals surface area contributed by atoms with E-state index in [1.165, 1.54) is 10.4 Å². The molecule has 0 radical (unpaired) electrons. The molecule has 2 rings (SSSR count). The molecule has 0 aliphatic heterocycles. The first-order valence-electron chi connectivity index (χ1n) is 4.94. The van der Waals surface area contributed by atoms with E-state index in [0.29, 0.717) is 0 Å². The van der Waals surface area contributed by atoms with E-state index in [1.54, 1.807) is 22.7 Å². The molecule has 4 heteroatoms. The number of aryl methyl sites for hydroxylation is 2. The summed E-state index contributed by atoms with van der Waals surface area (Å²) in [6.07, 6.45) is 1.07. The van der Waals surface area contributed by atoms with Crippen molar-refractivity contribution in [3.63, 3.8) is 0 Å². The first-order chi connectivity index (χ1) is 7.25. The highest BCUT2D eigenvalue weighted by Gasteiger charge is 2.02. The summed E-state index contributed by atoms with van der Waals surface area (Å²) >= 11 is 3.48. The quantitative estimate of drug-likeness (QED) is 0.882. The number of rotatable bonds is 4. The summed E-state index contributed by atoms with van der Waals surface area (Å²) in [7, 11) is 0. The Hall–Kier alpha value is -0.870. The number of thiophene rings is 1. The van der Waals surface area contributed by atoms with E-state index >= 15 is 0 Å². The van der Waals surface area contributed by atoms with Crippen LogP contribution in [0.3, 0.4) is 0 Å². The SMILES string of the molecule is Cc1nc(NCCc2ccsc2)sc1C. The van der Waals surface area contributed by atoms with Gasteiger partial charge >= 0.3 is 0 Å². The summed E-state index contributed by atoms with van der Waals surface area (Å²) in [6.45, 7) is 5.12. The van der Waals surface area contributed by atoms with Crippen LogP contribution in [0.2, 0.25) is 0 Å². The fraction of sp³-hybridized carbons (Fsp3) is 0.364. The van der Waals surface area contributed by atoms with Gasteiger partial charge in [-0.1, -0.05) is 0 Å². The van der Waals surface area contributed by atoms with Crippen molar-refractivity contribution in [3.8, 4) is 0 Å². The third kappa shape index (κ3) is 2.79. The molecule has 0 amide bonds. The van der Waals surface area contributed by atoms with Crippen LogP contribution in [0.1, 0.15) is 16.1 Å². The smallest absolute Gasteiger partial charge is 0.183 e. The van der Waals surface area contributed by atoms with Gasteiger partial charge in [-0.3, -0.25) is 0 Å². The van der Waals surface area contributed by atoms with E-state index in [2.05, 4.69) is 41.0 Å². The third-order valence-electron chi connectivity index (χ3n) is 2.30. The lowest BCUT2D eigenvalue weighted by atomic mass is 10.2. The van der Waals surface area contributed by atoms with Crippen LogP contribution >= 0.6 is 22.7 Å². The van der Waals surface area contributed by atoms with Gasteiger partial charge in [0, 0.05) is 11.4 Å². The van der Waals surface area contributed by atoms with Crippen LogP contribution in [0.15, 0.2) is 16.8 Å². The minimum atomic E-state index is 0.961. The molecule has 0 saturated heterocycles. The summed E-state index contributed by atoms with van der Waals surface area (Å²) in [5.41, 5.74) is 2.54. The summed E-state index contributed by atoms with van der Waals surface area (Å²) in [4.78, 5) is 5.74. The molecular formula is C11H14N2S2. The summed E-state index contributed by atoms with van der Waals surface area (Å²) in [6, 6.07) is 2.17. The minimum absolute atomic E-state index is 0.961. The monoisotopic (exact) mass is 238 g/mol. The largest absolute Gasteiger partial charge is 0.361 e. The standard InChI is InChI=1S/C11H14N2S2/c1-8-9(2)15-11(13-8)12-5-3-10-4-6-14-7-10/h4,6-7H,3,5H2,1-2H3,(H,12,13). The average Bonchev–Trinajstić information content (AvgIpc) is 2.79. The van der Waals surface area contributed by atoms with Gasteiger partial charge in [0.25, 0.3) is 0 Å². The van der Waals surface area contributed by atoms with Gasteiger partial charge in [0.05, 0.1) is 5.69 Å². The topological polar surface area (TPSA) is 24.9 Å². The van der Waals surface area contributed by atoms with Gasteiger partial charge in [0.2, 0.25) is 0 Å². The van der Waals surface area contributed by atoms with Crippen LogP contribution < -0.4 is 5.32 Å². The fourth-order valence-corrected chi connectivity index (χ4v) is 2.84. The summed E-state index contributed by atoms with van der Waals surface area (Å²) in [5, 5.41) is 8.71. The number of nitrogens with zero attached hydrogens (tertiary/aromatic N) is 1. The summed E-state index contributed by atoms with van der Waals surface area (Å²) < 4.78 is 0. The van der Waals surface area contributed by atoms with E-state index in [1.807, 2.05) is 0 Å². The molecule has 2 nitrogen and oxygen atoms in total. The predicted molar refractivity (Wildman–Crippen MR) is 68.1 cm³/mol.